The number of nitrogens with two attached hydrogens (primary N) is 4. The van der Waals surface area contributed by atoms with E-state index in [1.165, 1.54) is 0 Å². The van der Waals surface area contributed by atoms with Crippen molar-refractivity contribution >= 4 is 31.6 Å². The molecule has 0 saturated heterocycles. The van der Waals surface area contributed by atoms with E-state index in [-0.39, 0.29) is 0 Å². The molecule has 0 unspecified atom stereocenters. The van der Waals surface area contributed by atoms with Gasteiger partial charge < -0.3 is 31.2 Å². The summed E-state index contributed by atoms with van der Waals surface area (Å²) in [6.45, 7) is 18.2. The Hall–Kier alpha value is -2.48. The van der Waals surface area contributed by atoms with E-state index in [1.807, 2.05) is 24.3 Å². The summed E-state index contributed by atoms with van der Waals surface area (Å²) in [5.74, 6) is 0. The summed E-state index contributed by atoms with van der Waals surface area (Å²) in [6.07, 6.45) is 7.51. The van der Waals surface area contributed by atoms with Gasteiger partial charge in [0.15, 0.2) is 0 Å². The van der Waals surface area contributed by atoms with Gasteiger partial charge in [0.25, 0.3) is 0 Å². The van der Waals surface area contributed by atoms with E-state index in [1.54, 1.807) is 0 Å². The Labute approximate surface area is 178 Å². The fourth-order valence-corrected chi connectivity index (χ4v) is 2.99. The molecule has 0 saturated carbocycles. The summed E-state index contributed by atoms with van der Waals surface area (Å²) in [6, 6.07) is 1.09. The van der Waals surface area contributed by atoms with E-state index < -0.39 is 41.4 Å². The quantitative estimate of drug-likeness (QED) is 0.139. The highest BCUT2D eigenvalue weighted by Gasteiger charge is 2.14. The van der Waals surface area contributed by atoms with Gasteiger partial charge in [0.1, 0.15) is 20.2 Å². The van der Waals surface area contributed by atoms with E-state index in [2.05, 4.69) is 36.9 Å². The van der Waals surface area contributed by atoms with Gasteiger partial charge in [0.2, 0.25) is 0 Å². The van der Waals surface area contributed by atoms with Crippen LogP contribution in [-0.2, 0) is 20.2 Å². The number of quaternary nitrogens is 2. The van der Waals surface area contributed by atoms with Crippen molar-refractivity contribution in [2.24, 2.45) is 0 Å². The Morgan fingerprint density at radius 2 is 0.967 bits per heavy atom. The third-order valence-corrected chi connectivity index (χ3v) is 4.80. The van der Waals surface area contributed by atoms with Crippen LogP contribution >= 0.6 is 0 Å². The Morgan fingerprint density at radius 3 is 1.17 bits per heavy atom. The monoisotopic (exact) mass is 462 g/mol. The van der Waals surface area contributed by atoms with Gasteiger partial charge in [0.05, 0.1) is 47.3 Å². The molecular formula is C18H30N4O6S2. The minimum Gasteiger partial charge on any atom is -0.744 e. The SMILES string of the molecule is C=CC[NH2+]CC=C.C=CC[NH2+]CC=C.Nc1cc(N)c(S(=O)(=O)[O-])cc1S(=O)(=O)[O-]. The molecular weight excluding hydrogens is 432 g/mol. The van der Waals surface area contributed by atoms with Crippen LogP contribution in [0.15, 0.2) is 72.5 Å². The number of hydrogen-bond acceptors (Lipinski definition) is 8. The second-order valence-corrected chi connectivity index (χ2v) is 8.21. The maximum Gasteiger partial charge on any atom is 0.126 e. The predicted octanol–water partition coefficient (Wildman–Crippen LogP) is -1.50. The van der Waals surface area contributed by atoms with Crippen LogP contribution in [0.2, 0.25) is 0 Å². The molecule has 0 atom stereocenters. The average molecular weight is 463 g/mol. The van der Waals surface area contributed by atoms with Crippen LogP contribution in [0.1, 0.15) is 0 Å². The van der Waals surface area contributed by atoms with Crippen molar-refractivity contribution in [2.75, 3.05) is 37.6 Å². The molecule has 0 spiro atoms. The van der Waals surface area contributed by atoms with Crippen molar-refractivity contribution in [2.45, 2.75) is 9.79 Å². The van der Waals surface area contributed by atoms with Crippen LogP contribution in [0, 0.1) is 0 Å². The number of nitrogen functional groups attached to an aromatic ring is 2. The molecule has 0 aliphatic heterocycles. The molecule has 1 aromatic carbocycles. The van der Waals surface area contributed by atoms with E-state index in [4.69, 9.17) is 11.5 Å². The van der Waals surface area contributed by atoms with E-state index in [9.17, 15) is 25.9 Å². The largest absolute Gasteiger partial charge is 0.744 e. The lowest BCUT2D eigenvalue weighted by Gasteiger charge is -2.15. The van der Waals surface area contributed by atoms with Crippen LogP contribution in [0.25, 0.3) is 0 Å². The van der Waals surface area contributed by atoms with Gasteiger partial charge in [-0.05, 0) is 36.4 Å². The fourth-order valence-electron chi connectivity index (χ4n) is 1.69. The molecule has 0 amide bonds. The highest BCUT2D eigenvalue weighted by atomic mass is 32.2. The third-order valence-electron chi connectivity index (χ3n) is 3.01. The van der Waals surface area contributed by atoms with Gasteiger partial charge in [-0.3, -0.25) is 0 Å². The average Bonchev–Trinajstić information content (AvgIpc) is 2.61. The molecule has 0 bridgehead atoms. The van der Waals surface area contributed by atoms with Crippen molar-refractivity contribution in [3.05, 3.63) is 62.8 Å². The minimum absolute atomic E-state index is 0.356. The molecule has 0 heterocycles. The van der Waals surface area contributed by atoms with Gasteiger partial charge in [-0.15, -0.1) is 0 Å². The summed E-state index contributed by atoms with van der Waals surface area (Å²) < 4.78 is 64.0. The van der Waals surface area contributed by atoms with Crippen LogP contribution in [-0.4, -0.2) is 52.1 Å². The number of benzene rings is 1. The third kappa shape index (κ3) is 13.7. The lowest BCUT2D eigenvalue weighted by molar-refractivity contribution is -0.637. The highest BCUT2D eigenvalue weighted by Crippen LogP contribution is 2.27. The second-order valence-electron chi connectivity index (χ2n) is 5.51. The van der Waals surface area contributed by atoms with Gasteiger partial charge in [-0.2, -0.15) is 0 Å². The summed E-state index contributed by atoms with van der Waals surface area (Å²) in [5.41, 5.74) is 9.30. The molecule has 1 rings (SSSR count). The second kappa shape index (κ2) is 15.4. The molecule has 0 fully saturated rings. The standard InChI is InChI=1S/C6H8N2O6S2.2C6H11N/c7-3-1-4(8)6(16(12,13)14)2-5(3)15(9,10)11;2*1-3-5-7-6-4-2/h1-2H,7-8H2,(H,9,10,11)(H,12,13,14);2*3-4,7H,1-2,5-6H2. The van der Waals surface area contributed by atoms with Gasteiger partial charge in [-0.1, -0.05) is 26.3 Å². The summed E-state index contributed by atoms with van der Waals surface area (Å²) in [4.78, 5) is -1.98. The molecule has 0 aromatic heterocycles. The zero-order valence-electron chi connectivity index (χ0n) is 16.7. The van der Waals surface area contributed by atoms with Crippen molar-refractivity contribution in [1.82, 2.24) is 0 Å². The van der Waals surface area contributed by atoms with E-state index in [0.717, 1.165) is 32.2 Å². The molecule has 170 valence electrons. The first kappa shape index (κ1) is 29.7. The molecule has 0 aliphatic rings. The molecule has 10 nitrogen and oxygen atoms in total. The van der Waals surface area contributed by atoms with Crippen molar-refractivity contribution in [3.8, 4) is 0 Å². The van der Waals surface area contributed by atoms with Crippen LogP contribution in [0.5, 0.6) is 0 Å². The Balaban J connectivity index is 0. The topological polar surface area (TPSA) is 200 Å². The number of rotatable bonds is 10. The van der Waals surface area contributed by atoms with Crippen molar-refractivity contribution in [3.63, 3.8) is 0 Å². The van der Waals surface area contributed by atoms with Gasteiger partial charge in [-0.25, -0.2) is 16.8 Å². The maximum atomic E-state index is 10.7. The summed E-state index contributed by atoms with van der Waals surface area (Å²) in [7, 11) is -9.93. The normalized spacial score (nSPS) is 10.5. The smallest absolute Gasteiger partial charge is 0.126 e. The van der Waals surface area contributed by atoms with Crippen molar-refractivity contribution in [1.29, 1.82) is 0 Å². The molecule has 0 radical (unpaired) electrons. The first-order valence-corrected chi connectivity index (χ1v) is 11.4. The Bertz CT molecular complexity index is 826. The Kier molecular flexibility index (Phi) is 15.2. The van der Waals surface area contributed by atoms with E-state index >= 15 is 0 Å². The number of anilines is 2. The highest BCUT2D eigenvalue weighted by molar-refractivity contribution is 7.86. The van der Waals surface area contributed by atoms with E-state index in [0.29, 0.717) is 6.07 Å². The minimum atomic E-state index is -4.97. The molecule has 0 aliphatic carbocycles. The molecule has 1 aromatic rings. The Morgan fingerprint density at radius 1 is 0.700 bits per heavy atom. The van der Waals surface area contributed by atoms with Crippen molar-refractivity contribution < 1.29 is 36.6 Å². The first-order valence-electron chi connectivity index (χ1n) is 8.54. The first-order chi connectivity index (χ1) is 13.9. The van der Waals surface area contributed by atoms with Crippen LogP contribution in [0.3, 0.4) is 0 Å². The van der Waals surface area contributed by atoms with Crippen LogP contribution < -0.4 is 22.1 Å². The summed E-state index contributed by atoms with van der Waals surface area (Å²) >= 11 is 0. The van der Waals surface area contributed by atoms with Gasteiger partial charge >= 0.3 is 0 Å². The molecule has 8 N–H and O–H groups in total. The molecule has 30 heavy (non-hydrogen) atoms. The van der Waals surface area contributed by atoms with Gasteiger partial charge in [0, 0.05) is 0 Å². The predicted molar refractivity (Wildman–Crippen MR) is 115 cm³/mol. The van der Waals surface area contributed by atoms with Crippen LogP contribution in [0.4, 0.5) is 11.4 Å². The summed E-state index contributed by atoms with van der Waals surface area (Å²) in [5, 5.41) is 4.25. The fraction of sp³-hybridized carbons (Fsp3) is 0.222. The maximum absolute atomic E-state index is 10.7. The zero-order valence-corrected chi connectivity index (χ0v) is 18.3. The molecule has 12 heteroatoms. The zero-order chi connectivity index (χ0) is 23.8. The lowest BCUT2D eigenvalue weighted by atomic mass is 10.3. The lowest BCUT2D eigenvalue weighted by Crippen LogP contribution is -2.83. The number of hydrogen-bond donors (Lipinski definition) is 4.